The fourth-order valence-corrected chi connectivity index (χ4v) is 2.38. The maximum Gasteiger partial charge on any atom is 0.243 e. The standard InChI is InChI=1S/C17H18N6O2/c1-12-8-13(6-7-16(12)23-11-19-21-22-23)18-10-17(24)20-14-4-3-5-15(9-14)25-2/h3-9,11,18H,10H2,1-2H3,(H,20,24). The van der Waals surface area contributed by atoms with Gasteiger partial charge in [-0.25, -0.2) is 4.68 Å². The van der Waals surface area contributed by atoms with Gasteiger partial charge in [0.25, 0.3) is 0 Å². The minimum atomic E-state index is -0.143. The summed E-state index contributed by atoms with van der Waals surface area (Å²) in [4.78, 5) is 12.1. The highest BCUT2D eigenvalue weighted by molar-refractivity contribution is 5.93. The van der Waals surface area contributed by atoms with E-state index in [0.717, 1.165) is 16.9 Å². The Kier molecular flexibility index (Phi) is 4.89. The van der Waals surface area contributed by atoms with Gasteiger partial charge in [-0.1, -0.05) is 6.07 Å². The predicted octanol–water partition coefficient (Wildman–Crippen LogP) is 2.03. The predicted molar refractivity (Wildman–Crippen MR) is 94.0 cm³/mol. The van der Waals surface area contributed by atoms with E-state index in [9.17, 15) is 4.79 Å². The summed E-state index contributed by atoms with van der Waals surface area (Å²) in [5, 5.41) is 17.1. The SMILES string of the molecule is COc1cccc(NC(=O)CNc2ccc(-n3cnnn3)c(C)c2)c1. The van der Waals surface area contributed by atoms with Gasteiger partial charge in [-0.15, -0.1) is 5.10 Å². The number of ether oxygens (including phenoxy) is 1. The number of nitrogens with one attached hydrogen (secondary N) is 2. The number of carbonyl (C=O) groups excluding carboxylic acids is 1. The lowest BCUT2D eigenvalue weighted by Crippen LogP contribution is -2.21. The molecule has 1 aromatic heterocycles. The molecule has 1 amide bonds. The molecular formula is C17H18N6O2. The van der Waals surface area contributed by atoms with Gasteiger partial charge >= 0.3 is 0 Å². The van der Waals surface area contributed by atoms with E-state index in [1.54, 1.807) is 17.9 Å². The van der Waals surface area contributed by atoms with Gasteiger partial charge in [-0.3, -0.25) is 4.79 Å². The zero-order chi connectivity index (χ0) is 17.6. The van der Waals surface area contributed by atoms with Crippen LogP contribution in [0.3, 0.4) is 0 Å². The van der Waals surface area contributed by atoms with Crippen LogP contribution in [0.25, 0.3) is 5.69 Å². The molecule has 0 bridgehead atoms. The Labute approximate surface area is 144 Å². The summed E-state index contributed by atoms with van der Waals surface area (Å²) in [5.74, 6) is 0.551. The Hall–Kier alpha value is -3.42. The van der Waals surface area contributed by atoms with E-state index in [2.05, 4.69) is 26.2 Å². The lowest BCUT2D eigenvalue weighted by atomic mass is 10.2. The molecule has 0 aliphatic heterocycles. The molecule has 8 heteroatoms. The molecule has 3 aromatic rings. The smallest absolute Gasteiger partial charge is 0.243 e. The molecule has 25 heavy (non-hydrogen) atoms. The number of tetrazole rings is 1. The third kappa shape index (κ3) is 4.11. The van der Waals surface area contributed by atoms with Crippen LogP contribution in [-0.2, 0) is 4.79 Å². The van der Waals surface area contributed by atoms with Crippen molar-refractivity contribution in [3.05, 3.63) is 54.4 Å². The summed E-state index contributed by atoms with van der Waals surface area (Å²) in [6.45, 7) is 2.11. The van der Waals surface area contributed by atoms with Crippen molar-refractivity contribution in [1.29, 1.82) is 0 Å². The second-order valence-corrected chi connectivity index (χ2v) is 5.39. The molecule has 128 valence electrons. The summed E-state index contributed by atoms with van der Waals surface area (Å²) in [6.07, 6.45) is 1.54. The summed E-state index contributed by atoms with van der Waals surface area (Å²) < 4.78 is 6.73. The van der Waals surface area contributed by atoms with Gasteiger partial charge in [-0.05, 0) is 53.2 Å². The normalized spacial score (nSPS) is 10.3. The van der Waals surface area contributed by atoms with Gasteiger partial charge in [0.05, 0.1) is 19.3 Å². The molecule has 0 saturated heterocycles. The molecular weight excluding hydrogens is 320 g/mol. The van der Waals surface area contributed by atoms with E-state index in [0.29, 0.717) is 11.4 Å². The van der Waals surface area contributed by atoms with Gasteiger partial charge in [0.1, 0.15) is 12.1 Å². The number of rotatable bonds is 6. The van der Waals surface area contributed by atoms with Crippen molar-refractivity contribution in [2.24, 2.45) is 0 Å². The van der Waals surface area contributed by atoms with Gasteiger partial charge < -0.3 is 15.4 Å². The Bertz CT molecular complexity index is 863. The highest BCUT2D eigenvalue weighted by Gasteiger charge is 2.06. The first kappa shape index (κ1) is 16.4. The van der Waals surface area contributed by atoms with Crippen LogP contribution < -0.4 is 15.4 Å². The zero-order valence-corrected chi connectivity index (χ0v) is 13.9. The van der Waals surface area contributed by atoms with Crippen molar-refractivity contribution in [2.75, 3.05) is 24.3 Å². The number of aromatic nitrogens is 4. The molecule has 0 unspecified atom stereocenters. The minimum absolute atomic E-state index is 0.143. The van der Waals surface area contributed by atoms with Crippen molar-refractivity contribution in [3.63, 3.8) is 0 Å². The number of benzene rings is 2. The molecule has 2 aromatic carbocycles. The largest absolute Gasteiger partial charge is 0.497 e. The molecule has 0 spiro atoms. The number of hydrogen-bond donors (Lipinski definition) is 2. The number of aryl methyl sites for hydroxylation is 1. The molecule has 3 rings (SSSR count). The second-order valence-electron chi connectivity index (χ2n) is 5.39. The second kappa shape index (κ2) is 7.43. The summed E-state index contributed by atoms with van der Waals surface area (Å²) >= 11 is 0. The van der Waals surface area contributed by atoms with Crippen LogP contribution in [-0.4, -0.2) is 39.8 Å². The van der Waals surface area contributed by atoms with E-state index in [1.807, 2.05) is 43.3 Å². The monoisotopic (exact) mass is 338 g/mol. The highest BCUT2D eigenvalue weighted by Crippen LogP contribution is 2.18. The number of carbonyl (C=O) groups is 1. The van der Waals surface area contributed by atoms with E-state index >= 15 is 0 Å². The van der Waals surface area contributed by atoms with Crippen LogP contribution >= 0.6 is 0 Å². The van der Waals surface area contributed by atoms with Gasteiger partial charge in [0.2, 0.25) is 5.91 Å². The molecule has 0 aliphatic carbocycles. The van der Waals surface area contributed by atoms with Crippen molar-refractivity contribution in [2.45, 2.75) is 6.92 Å². The van der Waals surface area contributed by atoms with Crippen LogP contribution in [0.2, 0.25) is 0 Å². The van der Waals surface area contributed by atoms with E-state index in [-0.39, 0.29) is 12.5 Å². The molecule has 0 saturated carbocycles. The lowest BCUT2D eigenvalue weighted by Gasteiger charge is -2.11. The third-order valence-electron chi connectivity index (χ3n) is 3.60. The van der Waals surface area contributed by atoms with E-state index in [4.69, 9.17) is 4.74 Å². The van der Waals surface area contributed by atoms with Crippen molar-refractivity contribution in [3.8, 4) is 11.4 Å². The van der Waals surface area contributed by atoms with Gasteiger partial charge in [-0.2, -0.15) is 0 Å². The zero-order valence-electron chi connectivity index (χ0n) is 13.9. The number of methoxy groups -OCH3 is 1. The van der Waals surface area contributed by atoms with E-state index < -0.39 is 0 Å². The minimum Gasteiger partial charge on any atom is -0.497 e. The van der Waals surface area contributed by atoms with Crippen molar-refractivity contribution >= 4 is 17.3 Å². The average molecular weight is 338 g/mol. The Balaban J connectivity index is 1.59. The van der Waals surface area contributed by atoms with Gasteiger partial charge in [0.15, 0.2) is 0 Å². The number of amides is 1. The fraction of sp³-hybridized carbons (Fsp3) is 0.176. The Morgan fingerprint density at radius 2 is 2.08 bits per heavy atom. The maximum atomic E-state index is 12.1. The quantitative estimate of drug-likeness (QED) is 0.714. The third-order valence-corrected chi connectivity index (χ3v) is 3.60. The van der Waals surface area contributed by atoms with Crippen LogP contribution in [0.1, 0.15) is 5.56 Å². The fourth-order valence-electron chi connectivity index (χ4n) is 2.38. The molecule has 0 fully saturated rings. The highest BCUT2D eigenvalue weighted by atomic mass is 16.5. The molecule has 2 N–H and O–H groups in total. The van der Waals surface area contributed by atoms with Crippen LogP contribution in [0, 0.1) is 6.92 Å². The first-order valence-electron chi connectivity index (χ1n) is 7.67. The molecule has 8 nitrogen and oxygen atoms in total. The Morgan fingerprint density at radius 3 is 2.80 bits per heavy atom. The van der Waals surface area contributed by atoms with E-state index in [1.165, 1.54) is 6.33 Å². The number of nitrogens with zero attached hydrogens (tertiary/aromatic N) is 4. The molecule has 1 heterocycles. The van der Waals surface area contributed by atoms with Crippen molar-refractivity contribution in [1.82, 2.24) is 20.2 Å². The average Bonchev–Trinajstić information content (AvgIpc) is 3.14. The lowest BCUT2D eigenvalue weighted by molar-refractivity contribution is -0.114. The van der Waals surface area contributed by atoms with Crippen LogP contribution in [0.5, 0.6) is 5.75 Å². The Morgan fingerprint density at radius 1 is 1.20 bits per heavy atom. The summed E-state index contributed by atoms with van der Waals surface area (Å²) in [5.41, 5.74) is 3.41. The molecule has 0 radical (unpaired) electrons. The number of anilines is 2. The maximum absolute atomic E-state index is 12.1. The summed E-state index contributed by atoms with van der Waals surface area (Å²) in [6, 6.07) is 12.9. The molecule has 0 aliphatic rings. The van der Waals surface area contributed by atoms with Crippen LogP contribution in [0.4, 0.5) is 11.4 Å². The van der Waals surface area contributed by atoms with Crippen LogP contribution in [0.15, 0.2) is 48.8 Å². The first-order valence-corrected chi connectivity index (χ1v) is 7.67. The first-order chi connectivity index (χ1) is 12.2. The topological polar surface area (TPSA) is 94.0 Å². The molecule has 0 atom stereocenters. The van der Waals surface area contributed by atoms with Crippen molar-refractivity contribution < 1.29 is 9.53 Å². The summed E-state index contributed by atoms with van der Waals surface area (Å²) in [7, 11) is 1.59. The van der Waals surface area contributed by atoms with Gasteiger partial charge in [0, 0.05) is 17.4 Å². The number of hydrogen-bond acceptors (Lipinski definition) is 6.